The number of amides is 1. The van der Waals surface area contributed by atoms with E-state index in [1.807, 2.05) is 24.8 Å². The highest BCUT2D eigenvalue weighted by Crippen LogP contribution is 2.44. The summed E-state index contributed by atoms with van der Waals surface area (Å²) in [5.74, 6) is -0.0394. The first-order valence-corrected chi connectivity index (χ1v) is 15.3. The normalized spacial score (nSPS) is 21.8. The number of alkyl halides is 2. The molecule has 1 aliphatic carbocycles. The van der Waals surface area contributed by atoms with Crippen LogP contribution in [0.3, 0.4) is 0 Å². The van der Waals surface area contributed by atoms with Gasteiger partial charge in [-0.25, -0.2) is 23.8 Å². The maximum atomic E-state index is 13.6. The van der Waals surface area contributed by atoms with E-state index in [1.165, 1.54) is 6.07 Å². The number of hydrogen-bond donors (Lipinski definition) is 1. The lowest BCUT2D eigenvalue weighted by molar-refractivity contribution is -0.136. The predicted octanol–water partition coefficient (Wildman–Crippen LogP) is 4.52. The molecule has 1 aromatic carbocycles. The second-order valence-electron chi connectivity index (χ2n) is 10.9. The summed E-state index contributed by atoms with van der Waals surface area (Å²) in [5, 5.41) is 12.2. The van der Waals surface area contributed by atoms with Crippen LogP contribution in [0.5, 0.6) is 0 Å². The van der Waals surface area contributed by atoms with Crippen LogP contribution in [-0.2, 0) is 21.9 Å². The summed E-state index contributed by atoms with van der Waals surface area (Å²) >= 11 is 0.706. The van der Waals surface area contributed by atoms with E-state index >= 15 is 0 Å². The van der Waals surface area contributed by atoms with E-state index in [2.05, 4.69) is 24.9 Å². The Kier molecular flexibility index (Phi) is 6.32. The zero-order chi connectivity index (χ0) is 28.6. The molecule has 1 N–H and O–H groups in total. The average molecular weight is 588 g/mol. The first-order chi connectivity index (χ1) is 18.9. The molecule has 210 valence electrons. The number of rotatable bonds is 7. The third kappa shape index (κ3) is 4.40. The molecule has 3 aliphatic rings. The molecular formula is C26H27F2N7O3S2. The minimum absolute atomic E-state index is 0.00496. The summed E-state index contributed by atoms with van der Waals surface area (Å²) in [7, 11) is -2.40. The van der Waals surface area contributed by atoms with Gasteiger partial charge >= 0.3 is 0 Å². The second kappa shape index (κ2) is 9.39. The minimum atomic E-state index is -4.11. The smallest absolute Gasteiger partial charge is 0.299 e. The molecule has 1 saturated heterocycles. The van der Waals surface area contributed by atoms with Crippen molar-refractivity contribution >= 4 is 43.7 Å². The topological polar surface area (TPSA) is 114 Å². The van der Waals surface area contributed by atoms with Crippen LogP contribution in [0.25, 0.3) is 32.0 Å². The Morgan fingerprint density at radius 3 is 2.60 bits per heavy atom. The van der Waals surface area contributed by atoms with Crippen molar-refractivity contribution in [1.29, 1.82) is 0 Å². The number of aromatic nitrogens is 4. The molecule has 0 spiro atoms. The summed E-state index contributed by atoms with van der Waals surface area (Å²) < 4.78 is 57.8. The molecule has 4 heterocycles. The highest BCUT2D eigenvalue weighted by atomic mass is 32.2. The highest BCUT2D eigenvalue weighted by Gasteiger charge is 2.54. The molecule has 40 heavy (non-hydrogen) atoms. The van der Waals surface area contributed by atoms with Crippen molar-refractivity contribution in [2.75, 3.05) is 0 Å². The number of hydrogen-bond acceptors (Lipinski definition) is 7. The first-order valence-electron chi connectivity index (χ1n) is 13.0. The van der Waals surface area contributed by atoms with E-state index in [1.54, 1.807) is 17.8 Å². The number of benzene rings is 1. The van der Waals surface area contributed by atoms with Crippen LogP contribution >= 0.6 is 11.3 Å². The molecule has 2 unspecified atom stereocenters. The monoisotopic (exact) mass is 587 g/mol. The lowest BCUT2D eigenvalue weighted by Gasteiger charge is -2.35. The molecule has 10 nitrogen and oxygen atoms in total. The van der Waals surface area contributed by atoms with Gasteiger partial charge in [0, 0.05) is 30.0 Å². The number of carbonyl (C=O) groups excluding carboxylic acids is 1. The van der Waals surface area contributed by atoms with Crippen molar-refractivity contribution in [2.24, 2.45) is 13.0 Å². The van der Waals surface area contributed by atoms with Gasteiger partial charge in [0.25, 0.3) is 12.1 Å². The van der Waals surface area contributed by atoms with Crippen LogP contribution in [0.4, 0.5) is 8.78 Å². The van der Waals surface area contributed by atoms with Crippen LogP contribution in [0.15, 0.2) is 23.1 Å². The van der Waals surface area contributed by atoms with Crippen LogP contribution in [0.1, 0.15) is 62.9 Å². The molecule has 0 radical (unpaired) electrons. The number of sulfonamides is 1. The summed E-state index contributed by atoms with van der Waals surface area (Å²) in [4.78, 5) is 18.3. The zero-order valence-electron chi connectivity index (χ0n) is 22.1. The Morgan fingerprint density at radius 1 is 1.25 bits per heavy atom. The Balaban J connectivity index is 1.53. The fourth-order valence-corrected chi connectivity index (χ4v) is 7.81. The second-order valence-corrected chi connectivity index (χ2v) is 13.6. The van der Waals surface area contributed by atoms with Crippen LogP contribution < -0.4 is 4.72 Å². The van der Waals surface area contributed by atoms with Gasteiger partial charge in [0.1, 0.15) is 5.69 Å². The van der Waals surface area contributed by atoms with Gasteiger partial charge in [-0.15, -0.1) is 14.9 Å². The van der Waals surface area contributed by atoms with Gasteiger partial charge in [-0.3, -0.25) is 14.3 Å². The summed E-state index contributed by atoms with van der Waals surface area (Å²) in [6, 6.07) is 2.94. The molecule has 2 aliphatic heterocycles. The molecule has 2 bridgehead atoms. The van der Waals surface area contributed by atoms with E-state index in [9.17, 15) is 22.0 Å². The predicted molar refractivity (Wildman–Crippen MR) is 145 cm³/mol. The highest BCUT2D eigenvalue weighted by molar-refractivity contribution is 7.89. The Morgan fingerprint density at radius 2 is 2.00 bits per heavy atom. The molecular weight excluding hydrogens is 560 g/mol. The maximum Gasteiger partial charge on any atom is 0.299 e. The standard InChI is InChI=1S/C26H27F2N7O3S2/c1-13(2)25(36)35-15-5-6-16(35)10-14(9-15)18-11-17(40(37,38)33-26(29-3)7-8-26)12-19-20(32-34(4)21(18)19)23-30-31-24(39-23)22(27)28/h9,11-13,15-16,22,33H,5-8,10H2,1-2,4H3. The molecule has 3 aromatic rings. The van der Waals surface area contributed by atoms with Crippen molar-refractivity contribution < 1.29 is 22.0 Å². The summed E-state index contributed by atoms with van der Waals surface area (Å²) in [6.07, 6.45) is 2.31. The molecule has 2 fully saturated rings. The van der Waals surface area contributed by atoms with E-state index in [0.29, 0.717) is 47.1 Å². The van der Waals surface area contributed by atoms with Crippen LogP contribution in [0, 0.1) is 12.5 Å². The number of carbonyl (C=O) groups is 1. The zero-order valence-corrected chi connectivity index (χ0v) is 23.7. The maximum absolute atomic E-state index is 13.6. The van der Waals surface area contributed by atoms with Crippen molar-refractivity contribution in [3.05, 3.63) is 40.2 Å². The number of halogens is 2. The lowest BCUT2D eigenvalue weighted by atomic mass is 9.92. The fraction of sp³-hybridized carbons (Fsp3) is 0.500. The van der Waals surface area contributed by atoms with E-state index in [4.69, 9.17) is 6.57 Å². The Hall–Kier alpha value is -3.28. The number of nitrogens with one attached hydrogen (secondary N) is 1. The molecule has 1 saturated carbocycles. The number of aryl methyl sites for hydroxylation is 1. The molecule has 14 heteroatoms. The van der Waals surface area contributed by atoms with Crippen LogP contribution in [-0.4, -0.2) is 56.9 Å². The fourth-order valence-electron chi connectivity index (χ4n) is 5.70. The molecule has 1 amide bonds. The lowest BCUT2D eigenvalue weighted by Crippen LogP contribution is -2.44. The molecule has 6 rings (SSSR count). The largest absolute Gasteiger partial charge is 0.333 e. The van der Waals surface area contributed by atoms with Gasteiger partial charge in [0.15, 0.2) is 10.0 Å². The minimum Gasteiger partial charge on any atom is -0.333 e. The van der Waals surface area contributed by atoms with E-state index in [0.717, 1.165) is 18.4 Å². The first kappa shape index (κ1) is 26.9. The third-order valence-electron chi connectivity index (χ3n) is 7.80. The van der Waals surface area contributed by atoms with Crippen molar-refractivity contribution in [2.45, 2.75) is 75.0 Å². The molecule has 2 atom stereocenters. The van der Waals surface area contributed by atoms with E-state index < -0.39 is 27.1 Å². The third-order valence-corrected chi connectivity index (χ3v) is 10.2. The van der Waals surface area contributed by atoms with Gasteiger partial charge in [0.05, 0.1) is 29.3 Å². The van der Waals surface area contributed by atoms with Gasteiger partial charge in [-0.2, -0.15) is 5.10 Å². The molecule has 2 aromatic heterocycles. The Labute approximate surface area is 233 Å². The summed E-state index contributed by atoms with van der Waals surface area (Å²) in [6.45, 7) is 11.2. The Bertz CT molecular complexity index is 1720. The van der Waals surface area contributed by atoms with E-state index in [-0.39, 0.29) is 39.5 Å². The van der Waals surface area contributed by atoms with Gasteiger partial charge in [0.2, 0.25) is 15.9 Å². The van der Waals surface area contributed by atoms with Gasteiger partial charge in [-0.05, 0) is 37.0 Å². The van der Waals surface area contributed by atoms with Crippen molar-refractivity contribution in [3.8, 4) is 10.7 Å². The van der Waals surface area contributed by atoms with Gasteiger partial charge < -0.3 is 4.90 Å². The number of fused-ring (bicyclic) bond motifs is 3. The van der Waals surface area contributed by atoms with Crippen LogP contribution in [0.2, 0.25) is 0 Å². The number of nitrogens with zero attached hydrogens (tertiary/aromatic N) is 6. The van der Waals surface area contributed by atoms with Crippen molar-refractivity contribution in [1.82, 2.24) is 29.6 Å². The van der Waals surface area contributed by atoms with Crippen molar-refractivity contribution in [3.63, 3.8) is 0 Å². The summed E-state index contributed by atoms with van der Waals surface area (Å²) in [5.41, 5.74) is 1.27. The average Bonchev–Trinajstić information content (AvgIpc) is 3.22. The SMILES string of the molecule is [C-]#[N+]C1(NS(=O)(=O)c2cc(C3=CC4CCC(C3)N4C(=O)C(C)C)c3c(c2)c(-c2nnc(C(F)F)s2)nn3C)CC1. The van der Waals surface area contributed by atoms with Gasteiger partial charge in [-0.1, -0.05) is 31.3 Å². The quantitative estimate of drug-likeness (QED) is 0.407.